The van der Waals surface area contributed by atoms with Crippen molar-refractivity contribution in [3.8, 4) is 5.75 Å². The number of rotatable bonds is 5. The van der Waals surface area contributed by atoms with E-state index in [-0.39, 0.29) is 18.6 Å². The molecule has 126 valence electrons. The zero-order valence-electron chi connectivity index (χ0n) is 13.7. The summed E-state index contributed by atoms with van der Waals surface area (Å²) in [4.78, 5) is 12.1. The van der Waals surface area contributed by atoms with Gasteiger partial charge in [0.05, 0.1) is 12.3 Å². The number of ether oxygens (including phenoxy) is 1. The average molecular weight is 335 g/mol. The fourth-order valence-electron chi connectivity index (χ4n) is 2.84. The predicted octanol–water partition coefficient (Wildman–Crippen LogP) is 4.44. The molecule has 0 saturated carbocycles. The molecule has 25 heavy (non-hydrogen) atoms. The lowest BCUT2D eigenvalue weighted by molar-refractivity contribution is -0.123. The molecule has 5 nitrogen and oxygen atoms in total. The molecule has 5 heteroatoms. The molecular formula is C20H17NO4. The van der Waals surface area contributed by atoms with Gasteiger partial charge in [-0.3, -0.25) is 4.79 Å². The largest absolute Gasteiger partial charge is 0.484 e. The minimum Gasteiger partial charge on any atom is -0.484 e. The number of para-hydroxylation sites is 1. The zero-order chi connectivity index (χ0) is 17.2. The maximum atomic E-state index is 12.1. The smallest absolute Gasteiger partial charge is 0.258 e. The lowest BCUT2D eigenvalue weighted by Crippen LogP contribution is -2.31. The van der Waals surface area contributed by atoms with Crippen LogP contribution in [0.15, 0.2) is 69.7 Å². The van der Waals surface area contributed by atoms with Crippen LogP contribution in [0, 0.1) is 0 Å². The van der Waals surface area contributed by atoms with Crippen LogP contribution in [-0.2, 0) is 4.79 Å². The van der Waals surface area contributed by atoms with Crippen molar-refractivity contribution in [1.82, 2.24) is 5.32 Å². The molecular weight excluding hydrogens is 318 g/mol. The normalized spacial score (nSPS) is 12.4. The van der Waals surface area contributed by atoms with E-state index in [9.17, 15) is 4.79 Å². The fraction of sp³-hybridized carbons (Fsp3) is 0.150. The Labute approximate surface area is 144 Å². The molecule has 1 unspecified atom stereocenters. The summed E-state index contributed by atoms with van der Waals surface area (Å²) in [6.45, 7) is 1.80. The fourth-order valence-corrected chi connectivity index (χ4v) is 2.84. The third kappa shape index (κ3) is 3.08. The van der Waals surface area contributed by atoms with Crippen LogP contribution in [0.4, 0.5) is 0 Å². The Bertz CT molecular complexity index is 1020. The van der Waals surface area contributed by atoms with Gasteiger partial charge in [0.25, 0.3) is 5.91 Å². The number of hydrogen-bond donors (Lipinski definition) is 1. The van der Waals surface area contributed by atoms with Gasteiger partial charge in [-0.2, -0.15) is 0 Å². The molecule has 0 saturated heterocycles. The Kier molecular flexibility index (Phi) is 3.90. The second-order valence-electron chi connectivity index (χ2n) is 5.85. The summed E-state index contributed by atoms with van der Waals surface area (Å²) in [5.41, 5.74) is 1.63. The first kappa shape index (κ1) is 15.3. The third-order valence-electron chi connectivity index (χ3n) is 4.07. The van der Waals surface area contributed by atoms with Gasteiger partial charge in [0.1, 0.15) is 22.7 Å². The highest BCUT2D eigenvalue weighted by Gasteiger charge is 2.13. The minimum atomic E-state index is -0.207. The van der Waals surface area contributed by atoms with Crippen LogP contribution in [0.1, 0.15) is 18.7 Å². The summed E-state index contributed by atoms with van der Waals surface area (Å²) in [6.07, 6.45) is 1.58. The van der Waals surface area contributed by atoms with Crippen molar-refractivity contribution in [2.75, 3.05) is 6.61 Å². The van der Waals surface area contributed by atoms with E-state index in [0.717, 1.165) is 21.9 Å². The molecule has 0 aliphatic heterocycles. The standard InChI is InChI=1S/C20H17NO4/c1-13(17-7-4-10-23-17)21-20(22)12-24-14-8-9-19-16(11-14)15-5-2-3-6-18(15)25-19/h2-11,13H,12H2,1H3,(H,21,22). The van der Waals surface area contributed by atoms with Crippen molar-refractivity contribution in [2.24, 2.45) is 0 Å². The van der Waals surface area contributed by atoms with Crippen LogP contribution in [0.3, 0.4) is 0 Å². The Morgan fingerprint density at radius 1 is 1.08 bits per heavy atom. The number of amides is 1. The van der Waals surface area contributed by atoms with Crippen molar-refractivity contribution in [3.05, 3.63) is 66.6 Å². The SMILES string of the molecule is CC(NC(=O)COc1ccc2oc3ccccc3c2c1)c1ccco1. The van der Waals surface area contributed by atoms with Gasteiger partial charge in [-0.05, 0) is 43.3 Å². The predicted molar refractivity (Wildman–Crippen MR) is 94.5 cm³/mol. The van der Waals surface area contributed by atoms with E-state index in [1.54, 1.807) is 18.4 Å². The van der Waals surface area contributed by atoms with E-state index < -0.39 is 0 Å². The Morgan fingerprint density at radius 3 is 2.76 bits per heavy atom. The van der Waals surface area contributed by atoms with Gasteiger partial charge in [0.15, 0.2) is 6.61 Å². The molecule has 0 radical (unpaired) electrons. The summed E-state index contributed by atoms with van der Waals surface area (Å²) < 4.78 is 16.7. The van der Waals surface area contributed by atoms with Gasteiger partial charge in [-0.1, -0.05) is 18.2 Å². The van der Waals surface area contributed by atoms with Crippen LogP contribution >= 0.6 is 0 Å². The van der Waals surface area contributed by atoms with Crippen molar-refractivity contribution in [1.29, 1.82) is 0 Å². The van der Waals surface area contributed by atoms with Crippen LogP contribution in [0.5, 0.6) is 5.75 Å². The first-order valence-electron chi connectivity index (χ1n) is 8.07. The van der Waals surface area contributed by atoms with Crippen molar-refractivity contribution < 1.29 is 18.4 Å². The number of carbonyl (C=O) groups is 1. The van der Waals surface area contributed by atoms with Crippen molar-refractivity contribution in [3.63, 3.8) is 0 Å². The van der Waals surface area contributed by atoms with E-state index in [1.807, 2.05) is 49.4 Å². The molecule has 2 aromatic heterocycles. The second kappa shape index (κ2) is 6.36. The van der Waals surface area contributed by atoms with Gasteiger partial charge in [-0.25, -0.2) is 0 Å². The second-order valence-corrected chi connectivity index (χ2v) is 5.85. The number of carbonyl (C=O) groups excluding carboxylic acids is 1. The number of fused-ring (bicyclic) bond motifs is 3. The summed E-state index contributed by atoms with van der Waals surface area (Å²) in [6, 6.07) is 16.8. The molecule has 1 N–H and O–H groups in total. The van der Waals surface area contributed by atoms with Crippen LogP contribution in [-0.4, -0.2) is 12.5 Å². The highest BCUT2D eigenvalue weighted by Crippen LogP contribution is 2.31. The summed E-state index contributed by atoms with van der Waals surface area (Å²) >= 11 is 0. The molecule has 4 aromatic rings. The number of hydrogen-bond acceptors (Lipinski definition) is 4. The van der Waals surface area contributed by atoms with E-state index in [1.165, 1.54) is 0 Å². The van der Waals surface area contributed by atoms with Crippen molar-refractivity contribution in [2.45, 2.75) is 13.0 Å². The van der Waals surface area contributed by atoms with E-state index >= 15 is 0 Å². The average Bonchev–Trinajstić information content (AvgIpc) is 3.27. The van der Waals surface area contributed by atoms with Crippen LogP contribution < -0.4 is 10.1 Å². The van der Waals surface area contributed by atoms with Crippen molar-refractivity contribution >= 4 is 27.8 Å². The molecule has 1 amide bonds. The molecule has 0 aliphatic carbocycles. The van der Waals surface area contributed by atoms with Gasteiger partial charge in [0, 0.05) is 10.8 Å². The summed E-state index contributed by atoms with van der Waals surface area (Å²) in [5, 5.41) is 4.83. The van der Waals surface area contributed by atoms with Crippen LogP contribution in [0.25, 0.3) is 21.9 Å². The van der Waals surface area contributed by atoms with E-state index in [0.29, 0.717) is 11.5 Å². The molecule has 2 heterocycles. The molecule has 0 spiro atoms. The maximum absolute atomic E-state index is 12.1. The Balaban J connectivity index is 1.45. The quantitative estimate of drug-likeness (QED) is 0.586. The third-order valence-corrected chi connectivity index (χ3v) is 4.07. The monoisotopic (exact) mass is 335 g/mol. The maximum Gasteiger partial charge on any atom is 0.258 e. The first-order chi connectivity index (χ1) is 12.2. The van der Waals surface area contributed by atoms with Crippen LogP contribution in [0.2, 0.25) is 0 Å². The molecule has 0 fully saturated rings. The molecule has 0 aliphatic rings. The lowest BCUT2D eigenvalue weighted by Gasteiger charge is -2.12. The lowest BCUT2D eigenvalue weighted by atomic mass is 10.1. The molecule has 0 bridgehead atoms. The number of benzene rings is 2. The molecule has 4 rings (SSSR count). The van der Waals surface area contributed by atoms with Gasteiger partial charge >= 0.3 is 0 Å². The van der Waals surface area contributed by atoms with Gasteiger partial charge < -0.3 is 18.9 Å². The zero-order valence-corrected chi connectivity index (χ0v) is 13.7. The summed E-state index contributed by atoms with van der Waals surface area (Å²) in [5.74, 6) is 1.13. The topological polar surface area (TPSA) is 64.6 Å². The Morgan fingerprint density at radius 2 is 1.92 bits per heavy atom. The molecule has 2 aromatic carbocycles. The number of nitrogens with one attached hydrogen (secondary N) is 1. The highest BCUT2D eigenvalue weighted by molar-refractivity contribution is 6.05. The first-order valence-corrected chi connectivity index (χ1v) is 8.07. The van der Waals surface area contributed by atoms with E-state index in [4.69, 9.17) is 13.6 Å². The highest BCUT2D eigenvalue weighted by atomic mass is 16.5. The Hall–Kier alpha value is -3.21. The van der Waals surface area contributed by atoms with Gasteiger partial charge in [-0.15, -0.1) is 0 Å². The van der Waals surface area contributed by atoms with E-state index in [2.05, 4.69) is 5.32 Å². The number of furan rings is 2. The molecule has 1 atom stereocenters. The van der Waals surface area contributed by atoms with Gasteiger partial charge in [0.2, 0.25) is 0 Å². The summed E-state index contributed by atoms with van der Waals surface area (Å²) in [7, 11) is 0. The minimum absolute atomic E-state index is 0.0632.